The molecule has 0 saturated carbocycles. The first-order valence-electron chi connectivity index (χ1n) is 6.34. The van der Waals surface area contributed by atoms with E-state index in [1.54, 1.807) is 23.5 Å². The number of thiophene rings is 1. The van der Waals surface area contributed by atoms with Gasteiger partial charge in [0.15, 0.2) is 0 Å². The summed E-state index contributed by atoms with van der Waals surface area (Å²) < 4.78 is 0. The number of halogens is 1. The fourth-order valence-electron chi connectivity index (χ4n) is 2.61. The molecule has 19 heavy (non-hydrogen) atoms. The second kappa shape index (κ2) is 5.35. The highest BCUT2D eigenvalue weighted by Gasteiger charge is 2.30. The third-order valence-corrected chi connectivity index (χ3v) is 4.45. The highest BCUT2D eigenvalue weighted by atomic mass is 35.5. The van der Waals surface area contributed by atoms with Crippen molar-refractivity contribution in [3.63, 3.8) is 0 Å². The van der Waals surface area contributed by atoms with Gasteiger partial charge in [-0.2, -0.15) is 11.3 Å². The Kier molecular flexibility index (Phi) is 3.58. The maximum Gasteiger partial charge on any atom is 0.254 e. The van der Waals surface area contributed by atoms with E-state index in [-0.39, 0.29) is 11.9 Å². The first kappa shape index (κ1) is 12.7. The molecular formula is C15H14ClNOS. The molecule has 1 aromatic heterocycles. The SMILES string of the molecule is O=C(c1cccc(Cl)c1)N1CCCC1c1ccsc1. The minimum atomic E-state index is 0.0798. The second-order valence-electron chi connectivity index (χ2n) is 4.72. The monoisotopic (exact) mass is 291 g/mol. The molecule has 0 N–H and O–H groups in total. The molecule has 3 rings (SSSR count). The summed E-state index contributed by atoms with van der Waals surface area (Å²) in [7, 11) is 0. The van der Waals surface area contributed by atoms with E-state index in [0.29, 0.717) is 10.6 Å². The molecule has 2 heterocycles. The van der Waals surface area contributed by atoms with Gasteiger partial charge >= 0.3 is 0 Å². The first-order chi connectivity index (χ1) is 9.25. The van der Waals surface area contributed by atoms with Crippen LogP contribution in [0.4, 0.5) is 0 Å². The van der Waals surface area contributed by atoms with Crippen LogP contribution in [-0.4, -0.2) is 17.4 Å². The Morgan fingerprint density at radius 2 is 2.26 bits per heavy atom. The maximum atomic E-state index is 12.6. The van der Waals surface area contributed by atoms with Gasteiger partial charge in [0.05, 0.1) is 6.04 Å². The molecule has 0 bridgehead atoms. The molecular weight excluding hydrogens is 278 g/mol. The number of benzene rings is 1. The van der Waals surface area contributed by atoms with Crippen LogP contribution >= 0.6 is 22.9 Å². The lowest BCUT2D eigenvalue weighted by Crippen LogP contribution is -2.30. The summed E-state index contributed by atoms with van der Waals surface area (Å²) >= 11 is 7.64. The van der Waals surface area contributed by atoms with Crippen molar-refractivity contribution in [3.8, 4) is 0 Å². The molecule has 2 nitrogen and oxygen atoms in total. The number of carbonyl (C=O) groups is 1. The third-order valence-electron chi connectivity index (χ3n) is 3.51. The minimum Gasteiger partial charge on any atom is -0.332 e. The summed E-state index contributed by atoms with van der Waals surface area (Å²) in [6, 6.07) is 9.52. The van der Waals surface area contributed by atoms with Crippen LogP contribution in [0.1, 0.15) is 34.8 Å². The number of amides is 1. The van der Waals surface area contributed by atoms with Gasteiger partial charge in [0.2, 0.25) is 0 Å². The van der Waals surface area contributed by atoms with Gasteiger partial charge in [0, 0.05) is 17.1 Å². The fourth-order valence-corrected chi connectivity index (χ4v) is 3.51. The zero-order chi connectivity index (χ0) is 13.2. The van der Waals surface area contributed by atoms with Crippen molar-refractivity contribution in [3.05, 3.63) is 57.2 Å². The van der Waals surface area contributed by atoms with Crippen LogP contribution in [0.2, 0.25) is 5.02 Å². The van der Waals surface area contributed by atoms with E-state index < -0.39 is 0 Å². The van der Waals surface area contributed by atoms with E-state index in [1.165, 1.54) is 5.56 Å². The topological polar surface area (TPSA) is 20.3 Å². The van der Waals surface area contributed by atoms with Gasteiger partial charge in [-0.25, -0.2) is 0 Å². The summed E-state index contributed by atoms with van der Waals surface area (Å²) in [6.45, 7) is 0.825. The van der Waals surface area contributed by atoms with Crippen LogP contribution in [0.5, 0.6) is 0 Å². The molecule has 2 aromatic rings. The molecule has 1 fully saturated rings. The van der Waals surface area contributed by atoms with Crippen molar-refractivity contribution >= 4 is 28.8 Å². The molecule has 1 aromatic carbocycles. The second-order valence-corrected chi connectivity index (χ2v) is 5.94. The molecule has 1 saturated heterocycles. The lowest BCUT2D eigenvalue weighted by molar-refractivity contribution is 0.0736. The van der Waals surface area contributed by atoms with Crippen LogP contribution in [0.25, 0.3) is 0 Å². The third kappa shape index (κ3) is 2.53. The van der Waals surface area contributed by atoms with E-state index in [0.717, 1.165) is 19.4 Å². The molecule has 1 aliphatic rings. The van der Waals surface area contributed by atoms with Crippen molar-refractivity contribution in [1.29, 1.82) is 0 Å². The molecule has 0 radical (unpaired) electrons. The zero-order valence-corrected chi connectivity index (χ0v) is 12.0. The number of carbonyl (C=O) groups excluding carboxylic acids is 1. The van der Waals surface area contributed by atoms with Crippen LogP contribution < -0.4 is 0 Å². The standard InChI is InChI=1S/C15H14ClNOS/c16-13-4-1-3-11(9-13)15(18)17-7-2-5-14(17)12-6-8-19-10-12/h1,3-4,6,8-10,14H,2,5,7H2. The van der Waals surface area contributed by atoms with Crippen molar-refractivity contribution in [1.82, 2.24) is 4.90 Å². The summed E-state index contributed by atoms with van der Waals surface area (Å²) in [4.78, 5) is 14.5. The number of nitrogens with zero attached hydrogens (tertiary/aromatic N) is 1. The molecule has 4 heteroatoms. The van der Waals surface area contributed by atoms with Gasteiger partial charge in [0.25, 0.3) is 5.91 Å². The predicted molar refractivity (Wildman–Crippen MR) is 78.8 cm³/mol. The summed E-state index contributed by atoms with van der Waals surface area (Å²) in [5.41, 5.74) is 1.92. The van der Waals surface area contributed by atoms with Gasteiger partial charge in [-0.1, -0.05) is 17.7 Å². The smallest absolute Gasteiger partial charge is 0.254 e. The number of hydrogen-bond acceptors (Lipinski definition) is 2. The van der Waals surface area contributed by atoms with Crippen molar-refractivity contribution in [2.45, 2.75) is 18.9 Å². The molecule has 0 spiro atoms. The molecule has 1 amide bonds. The molecule has 0 aliphatic carbocycles. The minimum absolute atomic E-state index is 0.0798. The highest BCUT2D eigenvalue weighted by molar-refractivity contribution is 7.08. The van der Waals surface area contributed by atoms with E-state index in [2.05, 4.69) is 16.8 Å². The van der Waals surface area contributed by atoms with E-state index >= 15 is 0 Å². The molecule has 1 aliphatic heterocycles. The molecule has 1 unspecified atom stereocenters. The Bertz CT molecular complexity index is 582. The molecule has 98 valence electrons. The summed E-state index contributed by atoms with van der Waals surface area (Å²) in [5, 5.41) is 4.81. The van der Waals surface area contributed by atoms with E-state index in [9.17, 15) is 4.79 Å². The Hall–Kier alpha value is -1.32. The van der Waals surface area contributed by atoms with Crippen molar-refractivity contribution in [2.24, 2.45) is 0 Å². The van der Waals surface area contributed by atoms with Gasteiger partial charge in [-0.3, -0.25) is 4.79 Å². The quantitative estimate of drug-likeness (QED) is 0.804. The average molecular weight is 292 g/mol. The normalized spacial score (nSPS) is 18.8. The van der Waals surface area contributed by atoms with E-state index in [1.807, 2.05) is 17.0 Å². The largest absolute Gasteiger partial charge is 0.332 e. The number of hydrogen-bond donors (Lipinski definition) is 0. The van der Waals surface area contributed by atoms with Crippen LogP contribution in [-0.2, 0) is 0 Å². The predicted octanol–water partition coefficient (Wildman–Crippen LogP) is 4.38. The zero-order valence-electron chi connectivity index (χ0n) is 10.4. The highest BCUT2D eigenvalue weighted by Crippen LogP contribution is 2.34. The van der Waals surface area contributed by atoms with Gasteiger partial charge < -0.3 is 4.90 Å². The maximum absolute atomic E-state index is 12.6. The summed E-state index contributed by atoms with van der Waals surface area (Å²) in [5.74, 6) is 0.0798. The van der Waals surface area contributed by atoms with Crippen LogP contribution in [0.15, 0.2) is 41.1 Å². The Morgan fingerprint density at radius 3 is 3.00 bits per heavy atom. The summed E-state index contributed by atoms with van der Waals surface area (Å²) in [6.07, 6.45) is 2.11. The lowest BCUT2D eigenvalue weighted by Gasteiger charge is -2.24. The van der Waals surface area contributed by atoms with Crippen molar-refractivity contribution in [2.75, 3.05) is 6.54 Å². The first-order valence-corrected chi connectivity index (χ1v) is 7.66. The van der Waals surface area contributed by atoms with Gasteiger partial charge in [0.1, 0.15) is 0 Å². The van der Waals surface area contributed by atoms with Gasteiger partial charge in [-0.15, -0.1) is 0 Å². The van der Waals surface area contributed by atoms with Crippen molar-refractivity contribution < 1.29 is 4.79 Å². The van der Waals surface area contributed by atoms with Crippen LogP contribution in [0, 0.1) is 0 Å². The number of likely N-dealkylation sites (tertiary alicyclic amines) is 1. The molecule has 1 atom stereocenters. The fraction of sp³-hybridized carbons (Fsp3) is 0.267. The Labute approximate surface area is 121 Å². The number of rotatable bonds is 2. The Morgan fingerprint density at radius 1 is 1.37 bits per heavy atom. The lowest BCUT2D eigenvalue weighted by atomic mass is 10.1. The Balaban J connectivity index is 1.87. The van der Waals surface area contributed by atoms with Crippen LogP contribution in [0.3, 0.4) is 0 Å². The average Bonchev–Trinajstić information content (AvgIpc) is 3.08. The van der Waals surface area contributed by atoms with E-state index in [4.69, 9.17) is 11.6 Å². The van der Waals surface area contributed by atoms with Gasteiger partial charge in [-0.05, 0) is 53.4 Å².